The van der Waals surface area contributed by atoms with Gasteiger partial charge in [0.1, 0.15) is 0 Å². The molecule has 0 fully saturated rings. The van der Waals surface area contributed by atoms with E-state index in [0.717, 1.165) is 30.2 Å². The molecule has 5 heteroatoms. The summed E-state index contributed by atoms with van der Waals surface area (Å²) in [6.45, 7) is 4.81. The van der Waals surface area contributed by atoms with Crippen LogP contribution in [0.15, 0.2) is 28.7 Å². The molecule has 1 aromatic carbocycles. The lowest BCUT2D eigenvalue weighted by atomic mass is 9.99. The van der Waals surface area contributed by atoms with Crippen LogP contribution in [0.4, 0.5) is 5.69 Å². The molecular weight excluding hydrogens is 332 g/mol. The van der Waals surface area contributed by atoms with E-state index in [1.54, 1.807) is 18.2 Å². The molecule has 0 heterocycles. The van der Waals surface area contributed by atoms with Crippen molar-refractivity contribution in [2.45, 2.75) is 39.5 Å². The van der Waals surface area contributed by atoms with Gasteiger partial charge < -0.3 is 10.6 Å². The fourth-order valence-electron chi connectivity index (χ4n) is 2.01. The Morgan fingerprint density at radius 3 is 2.62 bits per heavy atom. The molecule has 0 spiro atoms. The number of hydrogen-bond acceptors (Lipinski definition) is 2. The number of benzene rings is 1. The van der Waals surface area contributed by atoms with Gasteiger partial charge in [-0.25, -0.2) is 0 Å². The highest BCUT2D eigenvalue weighted by molar-refractivity contribution is 9.10. The molecule has 0 aliphatic rings. The lowest BCUT2D eigenvalue weighted by Crippen LogP contribution is -2.38. The topological polar surface area (TPSA) is 58.2 Å². The van der Waals surface area contributed by atoms with Gasteiger partial charge in [-0.15, -0.1) is 0 Å². The molecule has 1 rings (SSSR count). The summed E-state index contributed by atoms with van der Waals surface area (Å²) in [5.74, 6) is -0.768. The van der Waals surface area contributed by atoms with Crippen LogP contribution in [0.1, 0.15) is 39.5 Å². The van der Waals surface area contributed by atoms with Crippen LogP contribution >= 0.6 is 15.9 Å². The molecule has 2 N–H and O–H groups in total. The SMILES string of the molecule is CCCC[C@@H](CC)CNC(=O)C(=O)Nc1cccc(Br)c1. The maximum absolute atomic E-state index is 11.8. The predicted molar refractivity (Wildman–Crippen MR) is 89.1 cm³/mol. The van der Waals surface area contributed by atoms with Crippen LogP contribution in [0.5, 0.6) is 0 Å². The van der Waals surface area contributed by atoms with Gasteiger partial charge in [-0.05, 0) is 30.5 Å². The highest BCUT2D eigenvalue weighted by atomic mass is 79.9. The minimum atomic E-state index is -0.626. The fourth-order valence-corrected chi connectivity index (χ4v) is 2.41. The zero-order valence-electron chi connectivity index (χ0n) is 12.6. The summed E-state index contributed by atoms with van der Waals surface area (Å²) in [6.07, 6.45) is 4.39. The molecule has 0 bridgehead atoms. The number of rotatable bonds is 7. The van der Waals surface area contributed by atoms with Crippen LogP contribution in [0.25, 0.3) is 0 Å². The lowest BCUT2D eigenvalue weighted by Gasteiger charge is -2.15. The zero-order valence-corrected chi connectivity index (χ0v) is 14.2. The second-order valence-electron chi connectivity index (χ2n) is 5.09. The minimum absolute atomic E-state index is 0.438. The molecule has 1 aromatic rings. The van der Waals surface area contributed by atoms with E-state index in [1.807, 2.05) is 6.07 Å². The van der Waals surface area contributed by atoms with E-state index < -0.39 is 11.8 Å². The summed E-state index contributed by atoms with van der Waals surface area (Å²) in [7, 11) is 0. The van der Waals surface area contributed by atoms with Crippen molar-refractivity contribution in [1.82, 2.24) is 5.32 Å². The van der Waals surface area contributed by atoms with Crippen LogP contribution in [0, 0.1) is 5.92 Å². The summed E-state index contributed by atoms with van der Waals surface area (Å²) < 4.78 is 0.853. The van der Waals surface area contributed by atoms with E-state index in [1.165, 1.54) is 0 Å². The van der Waals surface area contributed by atoms with Gasteiger partial charge in [-0.1, -0.05) is 55.1 Å². The molecular formula is C16H23BrN2O2. The Morgan fingerprint density at radius 2 is 2.00 bits per heavy atom. The third-order valence-corrected chi connectivity index (χ3v) is 3.88. The number of halogens is 1. The average molecular weight is 355 g/mol. The summed E-state index contributed by atoms with van der Waals surface area (Å²) in [5.41, 5.74) is 0.600. The van der Waals surface area contributed by atoms with Gasteiger partial charge in [0.2, 0.25) is 0 Å². The Balaban J connectivity index is 2.42. The Kier molecular flexibility index (Phi) is 8.05. The summed E-state index contributed by atoms with van der Waals surface area (Å²) >= 11 is 3.32. The van der Waals surface area contributed by atoms with E-state index in [4.69, 9.17) is 0 Å². The van der Waals surface area contributed by atoms with E-state index in [9.17, 15) is 9.59 Å². The van der Waals surface area contributed by atoms with E-state index >= 15 is 0 Å². The van der Waals surface area contributed by atoms with Crippen molar-refractivity contribution in [1.29, 1.82) is 0 Å². The Bertz CT molecular complexity index is 477. The smallest absolute Gasteiger partial charge is 0.313 e. The number of carbonyl (C=O) groups excluding carboxylic acids is 2. The third-order valence-electron chi connectivity index (χ3n) is 3.38. The summed E-state index contributed by atoms with van der Waals surface area (Å²) in [5, 5.41) is 5.30. The quantitative estimate of drug-likeness (QED) is 0.733. The van der Waals surface area contributed by atoms with Crippen molar-refractivity contribution in [2.75, 3.05) is 11.9 Å². The van der Waals surface area contributed by atoms with Crippen LogP contribution in [-0.2, 0) is 9.59 Å². The molecule has 0 radical (unpaired) electrons. The Labute approximate surface area is 134 Å². The third kappa shape index (κ3) is 6.76. The first-order valence-electron chi connectivity index (χ1n) is 7.41. The van der Waals surface area contributed by atoms with E-state index in [-0.39, 0.29) is 0 Å². The lowest BCUT2D eigenvalue weighted by molar-refractivity contribution is -0.136. The molecule has 2 amide bonds. The number of anilines is 1. The molecule has 0 aliphatic carbocycles. The van der Waals surface area contributed by atoms with Crippen LogP contribution in [-0.4, -0.2) is 18.4 Å². The van der Waals surface area contributed by atoms with Gasteiger partial charge in [0.05, 0.1) is 0 Å². The number of carbonyl (C=O) groups is 2. The highest BCUT2D eigenvalue weighted by Crippen LogP contribution is 2.15. The van der Waals surface area contributed by atoms with Crippen molar-refractivity contribution in [3.05, 3.63) is 28.7 Å². The van der Waals surface area contributed by atoms with Crippen LogP contribution in [0.3, 0.4) is 0 Å². The molecule has 116 valence electrons. The Hall–Kier alpha value is -1.36. The fraction of sp³-hybridized carbons (Fsp3) is 0.500. The summed E-state index contributed by atoms with van der Waals surface area (Å²) in [6, 6.07) is 7.15. The first-order valence-corrected chi connectivity index (χ1v) is 8.20. The summed E-state index contributed by atoms with van der Waals surface area (Å²) in [4.78, 5) is 23.6. The van der Waals surface area contributed by atoms with Crippen LogP contribution < -0.4 is 10.6 Å². The number of amides is 2. The van der Waals surface area contributed by atoms with Crippen molar-refractivity contribution < 1.29 is 9.59 Å². The van der Waals surface area contributed by atoms with Crippen molar-refractivity contribution in [3.63, 3.8) is 0 Å². The van der Waals surface area contributed by atoms with Gasteiger partial charge in [-0.3, -0.25) is 9.59 Å². The van der Waals surface area contributed by atoms with E-state index in [0.29, 0.717) is 18.2 Å². The second kappa shape index (κ2) is 9.55. The molecule has 0 saturated carbocycles. The van der Waals surface area contributed by atoms with Gasteiger partial charge in [0, 0.05) is 16.7 Å². The zero-order chi connectivity index (χ0) is 15.7. The molecule has 4 nitrogen and oxygen atoms in total. The molecule has 21 heavy (non-hydrogen) atoms. The average Bonchev–Trinajstić information content (AvgIpc) is 2.47. The number of unbranched alkanes of at least 4 members (excludes halogenated alkanes) is 1. The van der Waals surface area contributed by atoms with Crippen molar-refractivity contribution in [3.8, 4) is 0 Å². The molecule has 0 saturated heterocycles. The number of hydrogen-bond donors (Lipinski definition) is 2. The first-order chi connectivity index (χ1) is 10.1. The molecule has 1 atom stereocenters. The van der Waals surface area contributed by atoms with Gasteiger partial charge in [0.25, 0.3) is 0 Å². The standard InChI is InChI=1S/C16H23BrN2O2/c1-3-5-7-12(4-2)11-18-15(20)16(21)19-14-9-6-8-13(17)10-14/h6,8-10,12H,3-5,7,11H2,1-2H3,(H,18,20)(H,19,21)/t12-/m1/s1. The van der Waals surface area contributed by atoms with Gasteiger partial charge in [0.15, 0.2) is 0 Å². The van der Waals surface area contributed by atoms with Gasteiger partial charge >= 0.3 is 11.8 Å². The van der Waals surface area contributed by atoms with E-state index in [2.05, 4.69) is 40.4 Å². The number of nitrogens with one attached hydrogen (secondary N) is 2. The maximum Gasteiger partial charge on any atom is 0.313 e. The van der Waals surface area contributed by atoms with Crippen molar-refractivity contribution in [2.24, 2.45) is 5.92 Å². The first kappa shape index (κ1) is 17.7. The molecule has 0 aromatic heterocycles. The molecule has 0 aliphatic heterocycles. The normalized spacial score (nSPS) is 11.8. The largest absolute Gasteiger partial charge is 0.348 e. The minimum Gasteiger partial charge on any atom is -0.348 e. The second-order valence-corrected chi connectivity index (χ2v) is 6.01. The van der Waals surface area contributed by atoms with Crippen molar-refractivity contribution >= 4 is 33.4 Å². The molecule has 0 unspecified atom stereocenters. The van der Waals surface area contributed by atoms with Crippen LogP contribution in [0.2, 0.25) is 0 Å². The maximum atomic E-state index is 11.8. The predicted octanol–water partition coefficient (Wildman–Crippen LogP) is 3.72. The highest BCUT2D eigenvalue weighted by Gasteiger charge is 2.15. The monoisotopic (exact) mass is 354 g/mol. The van der Waals surface area contributed by atoms with Gasteiger partial charge in [-0.2, -0.15) is 0 Å². The Morgan fingerprint density at radius 1 is 1.24 bits per heavy atom.